The maximum Gasteiger partial charge on any atom is 0.248 e. The lowest BCUT2D eigenvalue weighted by Gasteiger charge is -2.40. The van der Waals surface area contributed by atoms with E-state index >= 15 is 0 Å². The van der Waals surface area contributed by atoms with E-state index < -0.39 is 5.91 Å². The predicted octanol–water partition coefficient (Wildman–Crippen LogP) is 2.78. The Morgan fingerprint density at radius 1 is 0.906 bits per heavy atom. The normalized spacial score (nSPS) is 19.0. The Morgan fingerprint density at radius 3 is 2.12 bits per heavy atom. The molecule has 4 rings (SSSR count). The fourth-order valence-electron chi connectivity index (χ4n) is 4.93. The molecule has 2 heterocycles. The zero-order valence-electron chi connectivity index (χ0n) is 19.0. The third-order valence-electron chi connectivity index (χ3n) is 7.03. The molecular formula is C26H34N4O2. The van der Waals surface area contributed by atoms with E-state index in [1.807, 2.05) is 17.0 Å². The summed E-state index contributed by atoms with van der Waals surface area (Å²) in [5.74, 6) is 0.542. The van der Waals surface area contributed by atoms with Crippen LogP contribution in [0.1, 0.15) is 35.7 Å². The molecule has 6 heteroatoms. The van der Waals surface area contributed by atoms with Crippen LogP contribution in [0.15, 0.2) is 54.6 Å². The van der Waals surface area contributed by atoms with Gasteiger partial charge in [-0.25, -0.2) is 0 Å². The average molecular weight is 435 g/mol. The summed E-state index contributed by atoms with van der Waals surface area (Å²) in [4.78, 5) is 31.0. The molecule has 2 aromatic rings. The summed E-state index contributed by atoms with van der Waals surface area (Å²) < 4.78 is 0. The Morgan fingerprint density at radius 2 is 1.53 bits per heavy atom. The number of anilines is 1. The van der Waals surface area contributed by atoms with Gasteiger partial charge < -0.3 is 15.5 Å². The van der Waals surface area contributed by atoms with E-state index in [2.05, 4.69) is 47.1 Å². The molecule has 2 aromatic carbocycles. The molecule has 2 aliphatic heterocycles. The van der Waals surface area contributed by atoms with E-state index in [0.29, 0.717) is 11.5 Å². The number of hydrogen-bond donors (Lipinski definition) is 1. The van der Waals surface area contributed by atoms with Crippen molar-refractivity contribution in [3.8, 4) is 0 Å². The lowest BCUT2D eigenvalue weighted by atomic mass is 9.89. The zero-order chi connectivity index (χ0) is 22.5. The van der Waals surface area contributed by atoms with Gasteiger partial charge in [0.1, 0.15) is 0 Å². The number of carbonyl (C=O) groups is 2. The topological polar surface area (TPSA) is 69.9 Å². The highest BCUT2D eigenvalue weighted by Gasteiger charge is 2.31. The molecule has 0 aromatic heterocycles. The monoisotopic (exact) mass is 434 g/mol. The third kappa shape index (κ3) is 5.30. The van der Waals surface area contributed by atoms with Gasteiger partial charge in [-0.15, -0.1) is 0 Å². The van der Waals surface area contributed by atoms with Crippen molar-refractivity contribution in [3.63, 3.8) is 0 Å². The van der Waals surface area contributed by atoms with Crippen LogP contribution in [-0.2, 0) is 11.2 Å². The lowest BCUT2D eigenvalue weighted by molar-refractivity contribution is -0.137. The van der Waals surface area contributed by atoms with Crippen molar-refractivity contribution in [3.05, 3.63) is 65.7 Å². The van der Waals surface area contributed by atoms with E-state index in [9.17, 15) is 9.59 Å². The van der Waals surface area contributed by atoms with Crippen LogP contribution in [-0.4, -0.2) is 66.9 Å². The smallest absolute Gasteiger partial charge is 0.248 e. The summed E-state index contributed by atoms with van der Waals surface area (Å²) in [6.45, 7) is 7.11. The van der Waals surface area contributed by atoms with Crippen molar-refractivity contribution in [2.75, 3.05) is 44.2 Å². The van der Waals surface area contributed by atoms with Crippen LogP contribution >= 0.6 is 0 Å². The minimum atomic E-state index is -0.412. The van der Waals surface area contributed by atoms with Gasteiger partial charge in [0.25, 0.3) is 0 Å². The SMILES string of the molecule is CC(C(=O)N1CCN(c2ccc(C(N)=O)cc2)CC1)N1CCC(Cc2ccccc2)CC1. The summed E-state index contributed by atoms with van der Waals surface area (Å²) in [5.41, 5.74) is 8.32. The maximum absolute atomic E-state index is 13.1. The first-order valence-electron chi connectivity index (χ1n) is 11.7. The lowest BCUT2D eigenvalue weighted by Crippen LogP contribution is -2.55. The molecule has 0 radical (unpaired) electrons. The van der Waals surface area contributed by atoms with E-state index in [1.165, 1.54) is 5.56 Å². The number of amides is 2. The molecule has 32 heavy (non-hydrogen) atoms. The fraction of sp³-hybridized carbons (Fsp3) is 0.462. The molecule has 0 aliphatic carbocycles. The number of nitrogens with two attached hydrogens (primary N) is 1. The van der Waals surface area contributed by atoms with Gasteiger partial charge in [-0.05, 0) is 75.0 Å². The molecule has 0 spiro atoms. The van der Waals surface area contributed by atoms with Crippen molar-refractivity contribution in [1.29, 1.82) is 0 Å². The first-order valence-corrected chi connectivity index (χ1v) is 11.7. The first kappa shape index (κ1) is 22.3. The Kier molecular flexibility index (Phi) is 7.10. The number of primary amides is 1. The van der Waals surface area contributed by atoms with Gasteiger partial charge in [-0.2, -0.15) is 0 Å². The van der Waals surface area contributed by atoms with Crippen molar-refractivity contribution in [2.45, 2.75) is 32.2 Å². The molecular weight excluding hydrogens is 400 g/mol. The number of carbonyl (C=O) groups excluding carboxylic acids is 2. The highest BCUT2D eigenvalue weighted by Crippen LogP contribution is 2.24. The van der Waals surface area contributed by atoms with Crippen molar-refractivity contribution in [2.24, 2.45) is 11.7 Å². The first-order chi connectivity index (χ1) is 15.5. The molecule has 2 fully saturated rings. The molecule has 6 nitrogen and oxygen atoms in total. The van der Waals surface area contributed by atoms with Crippen LogP contribution < -0.4 is 10.6 Å². The maximum atomic E-state index is 13.1. The molecule has 2 amide bonds. The van der Waals surface area contributed by atoms with Crippen LogP contribution in [0.25, 0.3) is 0 Å². The van der Waals surface area contributed by atoms with Gasteiger partial charge in [0.15, 0.2) is 0 Å². The standard InChI is InChI=1S/C26H34N4O2/c1-20(28-13-11-22(12-14-28)19-21-5-3-2-4-6-21)26(32)30-17-15-29(16-18-30)24-9-7-23(8-10-24)25(27)31/h2-10,20,22H,11-19H2,1H3,(H2,27,31). The summed E-state index contributed by atoms with van der Waals surface area (Å²) in [6.07, 6.45) is 3.45. The molecule has 0 saturated carbocycles. The average Bonchev–Trinajstić information content (AvgIpc) is 2.84. The van der Waals surface area contributed by atoms with E-state index in [-0.39, 0.29) is 11.9 Å². The number of piperidine rings is 1. The zero-order valence-corrected chi connectivity index (χ0v) is 19.0. The van der Waals surface area contributed by atoms with Crippen LogP contribution in [0.3, 0.4) is 0 Å². The predicted molar refractivity (Wildman–Crippen MR) is 128 cm³/mol. The van der Waals surface area contributed by atoms with Gasteiger partial charge in [0, 0.05) is 37.4 Å². The second-order valence-electron chi connectivity index (χ2n) is 9.07. The molecule has 0 bridgehead atoms. The number of nitrogens with zero attached hydrogens (tertiary/aromatic N) is 3. The number of likely N-dealkylation sites (tertiary alicyclic amines) is 1. The van der Waals surface area contributed by atoms with Gasteiger partial charge in [0.2, 0.25) is 11.8 Å². The minimum absolute atomic E-state index is 0.0610. The fourth-order valence-corrected chi connectivity index (χ4v) is 4.93. The minimum Gasteiger partial charge on any atom is -0.368 e. The number of rotatable bonds is 6. The second-order valence-corrected chi connectivity index (χ2v) is 9.07. The van der Waals surface area contributed by atoms with E-state index in [0.717, 1.165) is 64.2 Å². The molecule has 170 valence electrons. The Balaban J connectivity index is 1.24. The molecule has 1 unspecified atom stereocenters. The Bertz CT molecular complexity index is 899. The highest BCUT2D eigenvalue weighted by molar-refractivity contribution is 5.93. The van der Waals surface area contributed by atoms with Gasteiger partial charge in [0.05, 0.1) is 6.04 Å². The van der Waals surface area contributed by atoms with Gasteiger partial charge in [-0.1, -0.05) is 30.3 Å². The largest absolute Gasteiger partial charge is 0.368 e. The van der Waals surface area contributed by atoms with Gasteiger partial charge in [-0.3, -0.25) is 14.5 Å². The van der Waals surface area contributed by atoms with Gasteiger partial charge >= 0.3 is 0 Å². The van der Waals surface area contributed by atoms with Crippen LogP contribution in [0, 0.1) is 5.92 Å². The molecule has 2 aliphatic rings. The Labute approximate surface area is 191 Å². The Hall–Kier alpha value is -2.86. The van der Waals surface area contributed by atoms with Crippen molar-refractivity contribution in [1.82, 2.24) is 9.80 Å². The second kappa shape index (κ2) is 10.2. The quantitative estimate of drug-likeness (QED) is 0.759. The van der Waals surface area contributed by atoms with Crippen LogP contribution in [0.2, 0.25) is 0 Å². The summed E-state index contributed by atoms with van der Waals surface area (Å²) in [5, 5.41) is 0. The van der Waals surface area contributed by atoms with Crippen molar-refractivity contribution < 1.29 is 9.59 Å². The summed E-state index contributed by atoms with van der Waals surface area (Å²) in [6, 6.07) is 18.0. The third-order valence-corrected chi connectivity index (χ3v) is 7.03. The number of benzene rings is 2. The number of hydrogen-bond acceptors (Lipinski definition) is 4. The van der Waals surface area contributed by atoms with E-state index in [4.69, 9.17) is 5.73 Å². The number of piperazine rings is 1. The molecule has 2 N–H and O–H groups in total. The summed E-state index contributed by atoms with van der Waals surface area (Å²) in [7, 11) is 0. The summed E-state index contributed by atoms with van der Waals surface area (Å²) >= 11 is 0. The molecule has 2 saturated heterocycles. The van der Waals surface area contributed by atoms with Crippen LogP contribution in [0.4, 0.5) is 5.69 Å². The van der Waals surface area contributed by atoms with E-state index in [1.54, 1.807) is 12.1 Å². The van der Waals surface area contributed by atoms with Crippen molar-refractivity contribution >= 4 is 17.5 Å². The van der Waals surface area contributed by atoms with Crippen LogP contribution in [0.5, 0.6) is 0 Å². The highest BCUT2D eigenvalue weighted by atomic mass is 16.2. The molecule has 1 atom stereocenters.